The van der Waals surface area contributed by atoms with Crippen molar-refractivity contribution < 1.29 is 19.5 Å². The summed E-state index contributed by atoms with van der Waals surface area (Å²) < 4.78 is -1.01. The molecule has 0 saturated carbocycles. The summed E-state index contributed by atoms with van der Waals surface area (Å²) in [6, 6.07) is 24.7. The lowest BCUT2D eigenvalue weighted by atomic mass is 9.78. The van der Waals surface area contributed by atoms with Gasteiger partial charge in [-0.05, 0) is 36.2 Å². The summed E-state index contributed by atoms with van der Waals surface area (Å²) in [7, 11) is 0. The number of para-hydroxylation sites is 2. The zero-order valence-corrected chi connectivity index (χ0v) is 25.5. The maximum absolute atomic E-state index is 14.8. The molecule has 7 rings (SSSR count). The van der Waals surface area contributed by atoms with E-state index in [9.17, 15) is 19.5 Å². The molecule has 7 nitrogen and oxygen atoms in total. The number of benzene rings is 3. The van der Waals surface area contributed by atoms with Crippen LogP contribution < -0.4 is 9.80 Å². The molecule has 1 unspecified atom stereocenters. The Labute approximate surface area is 265 Å². The van der Waals surface area contributed by atoms with Crippen molar-refractivity contribution in [3.63, 3.8) is 0 Å². The number of likely N-dealkylation sites (tertiary alicyclic amines) is 1. The Morgan fingerprint density at radius 1 is 0.841 bits per heavy atom. The summed E-state index contributed by atoms with van der Waals surface area (Å²) in [5.41, 5.74) is 2.27. The number of aliphatic hydroxyl groups excluding tert-OH is 1. The summed E-state index contributed by atoms with van der Waals surface area (Å²) in [5.74, 6) is -2.16. The van der Waals surface area contributed by atoms with Gasteiger partial charge < -0.3 is 19.8 Å². The van der Waals surface area contributed by atoms with Crippen molar-refractivity contribution in [3.05, 3.63) is 120 Å². The number of halogens is 1. The number of fused-ring (bicyclic) bond motifs is 2. The van der Waals surface area contributed by atoms with Crippen molar-refractivity contribution >= 4 is 52.5 Å². The summed E-state index contributed by atoms with van der Waals surface area (Å²) >= 11 is 8.12. The number of anilines is 2. The van der Waals surface area contributed by atoms with Crippen molar-refractivity contribution in [1.29, 1.82) is 0 Å². The van der Waals surface area contributed by atoms with Gasteiger partial charge in [0.15, 0.2) is 0 Å². The average Bonchev–Trinajstić information content (AvgIpc) is 3.36. The molecule has 2 saturated heterocycles. The van der Waals surface area contributed by atoms with Crippen molar-refractivity contribution in [1.82, 2.24) is 4.90 Å². The predicted octanol–water partition coefficient (Wildman–Crippen LogP) is 4.75. The van der Waals surface area contributed by atoms with Gasteiger partial charge in [-0.15, -0.1) is 11.8 Å². The van der Waals surface area contributed by atoms with Crippen LogP contribution in [-0.4, -0.2) is 69.5 Å². The second-order valence-electron chi connectivity index (χ2n) is 11.6. The van der Waals surface area contributed by atoms with Crippen LogP contribution in [0.15, 0.2) is 109 Å². The number of carbonyl (C=O) groups is 3. The minimum absolute atomic E-state index is 0.133. The van der Waals surface area contributed by atoms with Gasteiger partial charge in [-0.25, -0.2) is 0 Å². The topological polar surface area (TPSA) is 81.2 Å². The van der Waals surface area contributed by atoms with Crippen LogP contribution >= 0.6 is 23.4 Å². The maximum Gasteiger partial charge on any atom is 0.251 e. The second-order valence-corrected chi connectivity index (χ2v) is 13.5. The lowest BCUT2D eigenvalue weighted by Crippen LogP contribution is -2.57. The number of carbonyl (C=O) groups excluding carboxylic acids is 3. The largest absolute Gasteiger partial charge is 0.394 e. The summed E-state index contributed by atoms with van der Waals surface area (Å²) in [6.45, 7) is 0.347. The highest BCUT2D eigenvalue weighted by Gasteiger charge is 2.71. The Hall–Kier alpha value is -3.85. The van der Waals surface area contributed by atoms with Crippen molar-refractivity contribution in [2.45, 2.75) is 28.5 Å². The summed E-state index contributed by atoms with van der Waals surface area (Å²) in [5, 5.41) is 10.9. The zero-order chi connectivity index (χ0) is 30.4. The van der Waals surface area contributed by atoms with Gasteiger partial charge in [0.2, 0.25) is 11.8 Å². The van der Waals surface area contributed by atoms with Crippen LogP contribution in [0.1, 0.15) is 5.56 Å². The highest BCUT2D eigenvalue weighted by atomic mass is 35.5. The number of hydrogen-bond acceptors (Lipinski definition) is 5. The molecule has 2 fully saturated rings. The van der Waals surface area contributed by atoms with Gasteiger partial charge in [0.25, 0.3) is 5.91 Å². The number of rotatable bonds is 6. The molecule has 4 heterocycles. The molecule has 1 N–H and O–H groups in total. The van der Waals surface area contributed by atoms with Crippen LogP contribution in [0.5, 0.6) is 0 Å². The Morgan fingerprint density at radius 3 is 2.25 bits per heavy atom. The van der Waals surface area contributed by atoms with Gasteiger partial charge in [-0.1, -0.05) is 96.6 Å². The van der Waals surface area contributed by atoms with Crippen LogP contribution in [0.2, 0.25) is 5.02 Å². The predicted molar refractivity (Wildman–Crippen MR) is 174 cm³/mol. The van der Waals surface area contributed by atoms with E-state index in [1.54, 1.807) is 26.8 Å². The van der Waals surface area contributed by atoms with Crippen LogP contribution in [0, 0.1) is 11.8 Å². The molecule has 0 bridgehead atoms. The van der Waals surface area contributed by atoms with Gasteiger partial charge in [0.1, 0.15) is 6.04 Å². The summed E-state index contributed by atoms with van der Waals surface area (Å²) in [4.78, 5) is 49.0. The second kappa shape index (κ2) is 11.6. The maximum atomic E-state index is 14.8. The molecule has 224 valence electrons. The van der Waals surface area contributed by atoms with Crippen LogP contribution in [-0.2, 0) is 20.8 Å². The Kier molecular flexibility index (Phi) is 7.60. The fourth-order valence-corrected chi connectivity index (χ4v) is 9.56. The van der Waals surface area contributed by atoms with E-state index < -0.39 is 28.7 Å². The van der Waals surface area contributed by atoms with Crippen molar-refractivity contribution in [2.24, 2.45) is 11.8 Å². The first-order valence-electron chi connectivity index (χ1n) is 14.9. The van der Waals surface area contributed by atoms with Gasteiger partial charge in [-0.2, -0.15) is 0 Å². The average molecular weight is 626 g/mol. The van der Waals surface area contributed by atoms with E-state index in [4.69, 9.17) is 11.6 Å². The first-order valence-corrected chi connectivity index (χ1v) is 16.1. The van der Waals surface area contributed by atoms with E-state index in [1.807, 2.05) is 97.1 Å². The molecule has 0 aliphatic carbocycles. The normalized spacial score (nSPS) is 28.4. The van der Waals surface area contributed by atoms with Crippen LogP contribution in [0.25, 0.3) is 0 Å². The third-order valence-electron chi connectivity index (χ3n) is 9.23. The number of thioether (sulfide) groups is 1. The highest BCUT2D eigenvalue weighted by molar-refractivity contribution is 8.02. The number of aliphatic hydroxyl groups is 1. The molecular formula is C35H32ClN3O4S. The SMILES string of the molecule is O=C1[C@@H]2[C@H](C=CCN1c1ccccc1)S[C@]13C=CCN(c4ccccc4Cl)C(=O)C1N([C@@H](CO)Cc1ccccc1)C(=O)[C@H]23. The number of amides is 3. The minimum Gasteiger partial charge on any atom is -0.394 e. The van der Waals surface area contributed by atoms with Crippen LogP contribution in [0.3, 0.4) is 0 Å². The van der Waals surface area contributed by atoms with E-state index >= 15 is 0 Å². The lowest BCUT2D eigenvalue weighted by Gasteiger charge is -2.38. The lowest BCUT2D eigenvalue weighted by molar-refractivity contribution is -0.141. The van der Waals surface area contributed by atoms with Gasteiger partial charge in [0.05, 0.1) is 39.9 Å². The number of nitrogens with zero attached hydrogens (tertiary/aromatic N) is 3. The first-order chi connectivity index (χ1) is 21.4. The Morgan fingerprint density at radius 2 is 1.52 bits per heavy atom. The molecule has 3 aromatic rings. The molecule has 0 aromatic heterocycles. The molecule has 3 aromatic carbocycles. The van der Waals surface area contributed by atoms with Gasteiger partial charge in [-0.3, -0.25) is 14.4 Å². The van der Waals surface area contributed by atoms with Crippen molar-refractivity contribution in [2.75, 3.05) is 29.5 Å². The van der Waals surface area contributed by atoms with Crippen molar-refractivity contribution in [3.8, 4) is 0 Å². The van der Waals surface area contributed by atoms with E-state index in [2.05, 4.69) is 0 Å². The molecular weight excluding hydrogens is 594 g/mol. The molecule has 9 heteroatoms. The molecule has 4 aliphatic heterocycles. The van der Waals surface area contributed by atoms with Gasteiger partial charge in [0, 0.05) is 24.0 Å². The molecule has 6 atom stereocenters. The summed E-state index contributed by atoms with van der Waals surface area (Å²) in [6.07, 6.45) is 8.30. The monoisotopic (exact) mass is 625 g/mol. The Bertz CT molecular complexity index is 1650. The standard InChI is InChI=1S/C35H32ClN3O4S/c36-26-15-7-8-16-27(26)38-20-10-18-35-30(29-28(44-35)17-9-19-37(32(29)41)24-13-5-2-6-14-24)33(42)39(31(35)34(38)43)25(22-40)21-23-11-3-1-4-12-23/h1-18,25,28-31,40H,19-22H2/t25-,28+,29-,30+,31?,35+/m1/s1. The Balaban J connectivity index is 1.35. The smallest absolute Gasteiger partial charge is 0.251 e. The quantitative estimate of drug-likeness (QED) is 0.400. The fraction of sp³-hybridized carbons (Fsp3) is 0.286. The van der Waals surface area contributed by atoms with E-state index in [0.717, 1.165) is 11.3 Å². The number of hydrogen-bond donors (Lipinski definition) is 1. The third kappa shape index (κ3) is 4.59. The van der Waals surface area contributed by atoms with Crippen LogP contribution in [0.4, 0.5) is 11.4 Å². The third-order valence-corrected chi connectivity index (χ3v) is 11.3. The fourth-order valence-electron chi connectivity index (χ4n) is 7.33. The first kappa shape index (κ1) is 28.9. The minimum atomic E-state index is -1.01. The zero-order valence-electron chi connectivity index (χ0n) is 23.9. The molecule has 4 aliphatic rings. The van der Waals surface area contributed by atoms with E-state index in [0.29, 0.717) is 23.7 Å². The van der Waals surface area contributed by atoms with E-state index in [1.165, 1.54) is 11.8 Å². The molecule has 44 heavy (non-hydrogen) atoms. The molecule has 3 amide bonds. The van der Waals surface area contributed by atoms with E-state index in [-0.39, 0.29) is 36.1 Å². The molecule has 1 spiro atoms. The van der Waals surface area contributed by atoms with Gasteiger partial charge >= 0.3 is 0 Å². The highest BCUT2D eigenvalue weighted by Crippen LogP contribution is 2.61. The molecule has 0 radical (unpaired) electrons.